The molecule has 2 rings (SSSR count). The highest BCUT2D eigenvalue weighted by molar-refractivity contribution is 5.92. The molecule has 0 aliphatic heterocycles. The van der Waals surface area contributed by atoms with E-state index >= 15 is 0 Å². The van der Waals surface area contributed by atoms with E-state index in [-0.39, 0.29) is 23.6 Å². The second kappa shape index (κ2) is 6.15. The smallest absolute Gasteiger partial charge is 0.227 e. The lowest BCUT2D eigenvalue weighted by molar-refractivity contribution is -0.122. The molecule has 3 N–H and O–H groups in total. The van der Waals surface area contributed by atoms with Crippen molar-refractivity contribution in [3.05, 3.63) is 29.6 Å². The van der Waals surface area contributed by atoms with E-state index in [1.54, 1.807) is 19.1 Å². The maximum atomic E-state index is 13.4. The second-order valence-electron chi connectivity index (χ2n) is 5.34. The van der Waals surface area contributed by atoms with Gasteiger partial charge in [0.2, 0.25) is 5.91 Å². The minimum atomic E-state index is -0.295. The fraction of sp³-hybridized carbons (Fsp3) is 0.533. The molecule has 0 bridgehead atoms. The average molecular weight is 264 g/mol. The lowest BCUT2D eigenvalue weighted by Crippen LogP contribution is -2.35. The number of hydrogen-bond acceptors (Lipinski definition) is 2. The molecule has 1 aliphatic carbocycles. The summed E-state index contributed by atoms with van der Waals surface area (Å²) < 4.78 is 13.4. The summed E-state index contributed by atoms with van der Waals surface area (Å²) in [6.45, 7) is 2.24. The average Bonchev–Trinajstić information content (AvgIpc) is 2.43. The predicted octanol–water partition coefficient (Wildman–Crippen LogP) is 2.84. The third-order valence-corrected chi connectivity index (χ3v) is 3.99. The summed E-state index contributed by atoms with van der Waals surface area (Å²) in [6, 6.07) is 4.77. The van der Waals surface area contributed by atoms with E-state index in [4.69, 9.17) is 5.73 Å². The van der Waals surface area contributed by atoms with Crippen LogP contribution in [0.15, 0.2) is 18.2 Å². The van der Waals surface area contributed by atoms with Crippen molar-refractivity contribution in [1.29, 1.82) is 0 Å². The fourth-order valence-electron chi connectivity index (χ4n) is 2.74. The maximum Gasteiger partial charge on any atom is 0.227 e. The largest absolute Gasteiger partial charge is 0.330 e. The van der Waals surface area contributed by atoms with Crippen molar-refractivity contribution in [3.8, 4) is 0 Å². The van der Waals surface area contributed by atoms with Crippen molar-refractivity contribution in [3.63, 3.8) is 0 Å². The van der Waals surface area contributed by atoms with E-state index in [9.17, 15) is 9.18 Å². The molecule has 0 spiro atoms. The molecule has 2 unspecified atom stereocenters. The van der Waals surface area contributed by atoms with Gasteiger partial charge in [-0.05, 0) is 49.9 Å². The summed E-state index contributed by atoms with van der Waals surface area (Å²) >= 11 is 0. The van der Waals surface area contributed by atoms with Gasteiger partial charge in [0.15, 0.2) is 0 Å². The van der Waals surface area contributed by atoms with E-state index in [0.717, 1.165) is 25.7 Å². The Morgan fingerprint density at radius 3 is 2.84 bits per heavy atom. The Kier molecular flexibility index (Phi) is 4.53. The fourth-order valence-corrected chi connectivity index (χ4v) is 2.74. The van der Waals surface area contributed by atoms with Gasteiger partial charge in [-0.2, -0.15) is 0 Å². The second-order valence-corrected chi connectivity index (χ2v) is 5.34. The van der Waals surface area contributed by atoms with Gasteiger partial charge < -0.3 is 11.1 Å². The first-order valence-corrected chi connectivity index (χ1v) is 6.89. The Morgan fingerprint density at radius 1 is 1.42 bits per heavy atom. The Hall–Kier alpha value is -1.42. The molecule has 3 nitrogen and oxygen atoms in total. The van der Waals surface area contributed by atoms with Crippen molar-refractivity contribution in [2.75, 3.05) is 11.9 Å². The molecule has 1 aliphatic rings. The predicted molar refractivity (Wildman–Crippen MR) is 74.3 cm³/mol. The van der Waals surface area contributed by atoms with Crippen LogP contribution < -0.4 is 11.1 Å². The molecular weight excluding hydrogens is 243 g/mol. The van der Waals surface area contributed by atoms with Gasteiger partial charge in [-0.25, -0.2) is 4.39 Å². The van der Waals surface area contributed by atoms with E-state index < -0.39 is 0 Å². The van der Waals surface area contributed by atoms with Gasteiger partial charge in [-0.3, -0.25) is 4.79 Å². The third-order valence-electron chi connectivity index (χ3n) is 3.99. The summed E-state index contributed by atoms with van der Waals surface area (Å²) in [5.74, 6) is -0.109. The van der Waals surface area contributed by atoms with E-state index in [0.29, 0.717) is 17.8 Å². The van der Waals surface area contributed by atoms with Gasteiger partial charge in [0.1, 0.15) is 5.82 Å². The zero-order valence-corrected chi connectivity index (χ0v) is 11.3. The van der Waals surface area contributed by atoms with Crippen LogP contribution in [0.1, 0.15) is 31.2 Å². The molecule has 1 fully saturated rings. The highest BCUT2D eigenvalue weighted by atomic mass is 19.1. The summed E-state index contributed by atoms with van der Waals surface area (Å²) in [7, 11) is 0. The van der Waals surface area contributed by atoms with Crippen molar-refractivity contribution in [2.24, 2.45) is 17.6 Å². The van der Waals surface area contributed by atoms with Crippen LogP contribution in [-0.4, -0.2) is 12.5 Å². The number of nitrogens with one attached hydrogen (secondary N) is 1. The highest BCUT2D eigenvalue weighted by Crippen LogP contribution is 2.30. The van der Waals surface area contributed by atoms with E-state index in [1.807, 2.05) is 0 Å². The molecule has 2 atom stereocenters. The Morgan fingerprint density at radius 2 is 2.16 bits per heavy atom. The van der Waals surface area contributed by atoms with E-state index in [2.05, 4.69) is 5.32 Å². The van der Waals surface area contributed by atoms with Gasteiger partial charge in [0.05, 0.1) is 0 Å². The highest BCUT2D eigenvalue weighted by Gasteiger charge is 2.29. The molecule has 1 saturated carbocycles. The first kappa shape index (κ1) is 14.0. The zero-order chi connectivity index (χ0) is 13.8. The standard InChI is InChI=1S/C15H21FN2O/c1-10-6-7-12(8-14(10)16)18-15(19)13-5-3-2-4-11(13)9-17/h6-8,11,13H,2-5,9,17H2,1H3,(H,18,19). The number of carbonyl (C=O) groups is 1. The summed E-state index contributed by atoms with van der Waals surface area (Å²) in [6.07, 6.45) is 4.10. The Balaban J connectivity index is 2.05. The number of nitrogens with two attached hydrogens (primary N) is 1. The number of hydrogen-bond donors (Lipinski definition) is 2. The van der Waals surface area contributed by atoms with Gasteiger partial charge in [-0.15, -0.1) is 0 Å². The summed E-state index contributed by atoms with van der Waals surface area (Å²) in [5.41, 5.74) is 6.83. The molecular formula is C15H21FN2O. The SMILES string of the molecule is Cc1ccc(NC(=O)C2CCCCC2CN)cc1F. The Bertz CT molecular complexity index is 461. The number of rotatable bonds is 3. The van der Waals surface area contributed by atoms with Crippen LogP contribution in [0.25, 0.3) is 0 Å². The number of anilines is 1. The van der Waals surface area contributed by atoms with Gasteiger partial charge in [-0.1, -0.05) is 18.9 Å². The molecule has 4 heteroatoms. The number of carbonyl (C=O) groups excluding carboxylic acids is 1. The van der Waals surface area contributed by atoms with Crippen LogP contribution in [0.4, 0.5) is 10.1 Å². The number of halogens is 1. The summed E-state index contributed by atoms with van der Waals surface area (Å²) in [5, 5.41) is 2.81. The minimum absolute atomic E-state index is 0.0293. The minimum Gasteiger partial charge on any atom is -0.330 e. The molecule has 0 saturated heterocycles. The molecule has 104 valence electrons. The molecule has 0 radical (unpaired) electrons. The van der Waals surface area contributed by atoms with Gasteiger partial charge >= 0.3 is 0 Å². The maximum absolute atomic E-state index is 13.4. The first-order chi connectivity index (χ1) is 9.11. The van der Waals surface area contributed by atoms with E-state index in [1.165, 1.54) is 6.07 Å². The topological polar surface area (TPSA) is 55.1 Å². The van der Waals surface area contributed by atoms with Gasteiger partial charge in [0, 0.05) is 11.6 Å². The van der Waals surface area contributed by atoms with Gasteiger partial charge in [0.25, 0.3) is 0 Å². The quantitative estimate of drug-likeness (QED) is 0.882. The molecule has 1 amide bonds. The van der Waals surface area contributed by atoms with Crippen LogP contribution >= 0.6 is 0 Å². The molecule has 1 aromatic rings. The molecule has 19 heavy (non-hydrogen) atoms. The van der Waals surface area contributed by atoms with Crippen LogP contribution in [0.5, 0.6) is 0 Å². The van der Waals surface area contributed by atoms with Crippen LogP contribution in [0, 0.1) is 24.6 Å². The Labute approximate surface area is 113 Å². The molecule has 1 aromatic carbocycles. The third kappa shape index (κ3) is 3.32. The van der Waals surface area contributed by atoms with Crippen molar-refractivity contribution < 1.29 is 9.18 Å². The van der Waals surface area contributed by atoms with Crippen LogP contribution in [0.3, 0.4) is 0 Å². The van der Waals surface area contributed by atoms with Crippen molar-refractivity contribution >= 4 is 11.6 Å². The van der Waals surface area contributed by atoms with Crippen molar-refractivity contribution in [1.82, 2.24) is 0 Å². The molecule has 0 aromatic heterocycles. The van der Waals surface area contributed by atoms with Crippen LogP contribution in [-0.2, 0) is 4.79 Å². The lowest BCUT2D eigenvalue weighted by atomic mass is 9.78. The monoisotopic (exact) mass is 264 g/mol. The summed E-state index contributed by atoms with van der Waals surface area (Å²) in [4.78, 5) is 12.2. The number of aryl methyl sites for hydroxylation is 1. The number of benzene rings is 1. The first-order valence-electron chi connectivity index (χ1n) is 6.89. The zero-order valence-electron chi connectivity index (χ0n) is 11.3. The normalized spacial score (nSPS) is 23.1. The molecule has 0 heterocycles. The lowest BCUT2D eigenvalue weighted by Gasteiger charge is -2.29. The van der Waals surface area contributed by atoms with Crippen molar-refractivity contribution in [2.45, 2.75) is 32.6 Å². The van der Waals surface area contributed by atoms with Crippen LogP contribution in [0.2, 0.25) is 0 Å². The number of amides is 1.